The third-order valence-corrected chi connectivity index (χ3v) is 4.29. The van der Waals surface area contributed by atoms with E-state index in [1.807, 2.05) is 0 Å². The van der Waals surface area contributed by atoms with E-state index in [1.54, 1.807) is 0 Å². The molecule has 0 bridgehead atoms. The Morgan fingerprint density at radius 1 is 1.18 bits per heavy atom. The van der Waals surface area contributed by atoms with Gasteiger partial charge in [-0.2, -0.15) is 0 Å². The first-order valence-corrected chi connectivity index (χ1v) is 6.89. The summed E-state index contributed by atoms with van der Waals surface area (Å²) < 4.78 is 0. The Kier molecular flexibility index (Phi) is 4.05. The molecule has 17 heavy (non-hydrogen) atoms. The second-order valence-electron chi connectivity index (χ2n) is 5.75. The molecule has 2 aliphatic heterocycles. The van der Waals surface area contributed by atoms with E-state index in [9.17, 15) is 4.79 Å². The Hall–Kier alpha value is -0.610. The molecule has 0 aromatic carbocycles. The van der Waals surface area contributed by atoms with Gasteiger partial charge < -0.3 is 5.32 Å². The van der Waals surface area contributed by atoms with Gasteiger partial charge in [0.1, 0.15) is 0 Å². The number of hydrogen-bond acceptors (Lipinski definition) is 3. The Morgan fingerprint density at radius 3 is 2.35 bits per heavy atom. The van der Waals surface area contributed by atoms with Gasteiger partial charge in [0.05, 0.1) is 5.92 Å². The molecule has 4 atom stereocenters. The summed E-state index contributed by atoms with van der Waals surface area (Å²) in [6.07, 6.45) is 3.64. The van der Waals surface area contributed by atoms with Crippen molar-refractivity contribution in [2.45, 2.75) is 52.1 Å². The van der Waals surface area contributed by atoms with Crippen LogP contribution < -0.4 is 10.7 Å². The first-order chi connectivity index (χ1) is 8.09. The molecule has 2 heterocycles. The molecule has 2 unspecified atom stereocenters. The molecule has 2 N–H and O–H groups in total. The zero-order valence-corrected chi connectivity index (χ0v) is 11.2. The summed E-state index contributed by atoms with van der Waals surface area (Å²) in [6, 6.07) is 0.930. The van der Waals surface area contributed by atoms with Crippen molar-refractivity contribution in [3.8, 4) is 0 Å². The van der Waals surface area contributed by atoms with Gasteiger partial charge in [-0.1, -0.05) is 13.3 Å². The fraction of sp³-hybridized carbons (Fsp3) is 0.923. The normalized spacial score (nSPS) is 39.2. The average Bonchev–Trinajstić information content (AvgIpc) is 2.70. The van der Waals surface area contributed by atoms with E-state index in [1.165, 1.54) is 19.3 Å². The van der Waals surface area contributed by atoms with Crippen molar-refractivity contribution in [3.05, 3.63) is 0 Å². The molecule has 98 valence electrons. The lowest BCUT2D eigenvalue weighted by Crippen LogP contribution is -2.55. The smallest absolute Gasteiger partial charge is 0.239 e. The topological polar surface area (TPSA) is 44.4 Å². The van der Waals surface area contributed by atoms with Gasteiger partial charge in [0.25, 0.3) is 0 Å². The molecule has 0 aromatic heterocycles. The molecule has 4 heteroatoms. The number of hydrogen-bond donors (Lipinski definition) is 2. The SMILES string of the molecule is CC1CCCC(C)N1NC(=O)[C@@H]1CNC[C@H]1C. The number of amides is 1. The maximum atomic E-state index is 12.2. The zero-order chi connectivity index (χ0) is 12.4. The molecule has 0 aromatic rings. The molecule has 2 saturated heterocycles. The van der Waals surface area contributed by atoms with Gasteiger partial charge in [-0.25, -0.2) is 5.01 Å². The zero-order valence-electron chi connectivity index (χ0n) is 11.2. The molecule has 0 saturated carbocycles. The highest BCUT2D eigenvalue weighted by molar-refractivity contribution is 5.79. The fourth-order valence-electron chi connectivity index (χ4n) is 3.01. The van der Waals surface area contributed by atoms with Crippen LogP contribution in [0.3, 0.4) is 0 Å². The summed E-state index contributed by atoms with van der Waals surface area (Å²) >= 11 is 0. The number of rotatable bonds is 2. The second-order valence-corrected chi connectivity index (χ2v) is 5.75. The Labute approximate surface area is 104 Å². The predicted octanol–water partition coefficient (Wildman–Crippen LogP) is 1.14. The van der Waals surface area contributed by atoms with E-state index in [2.05, 4.69) is 36.5 Å². The highest BCUT2D eigenvalue weighted by atomic mass is 16.2. The lowest BCUT2D eigenvalue weighted by molar-refractivity contribution is -0.133. The van der Waals surface area contributed by atoms with Crippen molar-refractivity contribution >= 4 is 5.91 Å². The van der Waals surface area contributed by atoms with Crippen LogP contribution in [0.4, 0.5) is 0 Å². The largest absolute Gasteiger partial charge is 0.316 e. The van der Waals surface area contributed by atoms with Gasteiger partial charge in [-0.05, 0) is 39.2 Å². The third-order valence-electron chi connectivity index (χ3n) is 4.29. The monoisotopic (exact) mass is 239 g/mol. The van der Waals surface area contributed by atoms with Crippen molar-refractivity contribution in [1.82, 2.24) is 15.8 Å². The summed E-state index contributed by atoms with van der Waals surface area (Å²) in [6.45, 7) is 8.33. The van der Waals surface area contributed by atoms with Crippen LogP contribution in [0.5, 0.6) is 0 Å². The highest BCUT2D eigenvalue weighted by Gasteiger charge is 2.33. The summed E-state index contributed by atoms with van der Waals surface area (Å²) in [5, 5.41) is 5.45. The number of piperidine rings is 1. The van der Waals surface area contributed by atoms with Crippen molar-refractivity contribution in [3.63, 3.8) is 0 Å². The quantitative estimate of drug-likeness (QED) is 0.759. The van der Waals surface area contributed by atoms with Crippen molar-refractivity contribution in [1.29, 1.82) is 0 Å². The number of carbonyl (C=O) groups is 1. The predicted molar refractivity (Wildman–Crippen MR) is 68.3 cm³/mol. The number of nitrogens with zero attached hydrogens (tertiary/aromatic N) is 1. The van der Waals surface area contributed by atoms with E-state index < -0.39 is 0 Å². The molecular formula is C13H25N3O. The minimum atomic E-state index is 0.135. The van der Waals surface area contributed by atoms with E-state index in [4.69, 9.17) is 0 Å². The van der Waals surface area contributed by atoms with Crippen molar-refractivity contribution < 1.29 is 4.79 Å². The Morgan fingerprint density at radius 2 is 1.82 bits per heavy atom. The first kappa shape index (κ1) is 12.8. The van der Waals surface area contributed by atoms with E-state index >= 15 is 0 Å². The van der Waals surface area contributed by atoms with Crippen LogP contribution in [-0.4, -0.2) is 36.1 Å². The number of carbonyl (C=O) groups excluding carboxylic acids is 1. The van der Waals surface area contributed by atoms with Crippen LogP contribution >= 0.6 is 0 Å². The van der Waals surface area contributed by atoms with Gasteiger partial charge in [0, 0.05) is 18.6 Å². The third kappa shape index (κ3) is 2.80. The van der Waals surface area contributed by atoms with Crippen molar-refractivity contribution in [2.24, 2.45) is 11.8 Å². The van der Waals surface area contributed by atoms with Gasteiger partial charge in [0.2, 0.25) is 5.91 Å². The lowest BCUT2D eigenvalue weighted by atomic mass is 9.97. The summed E-state index contributed by atoms with van der Waals surface area (Å²) in [4.78, 5) is 12.2. The van der Waals surface area contributed by atoms with Crippen LogP contribution in [0.1, 0.15) is 40.0 Å². The highest BCUT2D eigenvalue weighted by Crippen LogP contribution is 2.22. The minimum Gasteiger partial charge on any atom is -0.316 e. The second kappa shape index (κ2) is 5.36. The molecule has 4 nitrogen and oxygen atoms in total. The summed E-state index contributed by atoms with van der Waals surface area (Å²) in [5.41, 5.74) is 3.15. The number of hydrazine groups is 1. The maximum absolute atomic E-state index is 12.2. The van der Waals surface area contributed by atoms with Gasteiger partial charge >= 0.3 is 0 Å². The standard InChI is InChI=1S/C13H25N3O/c1-9-7-14-8-12(9)13(17)15-16-10(2)5-4-6-11(16)3/h9-12,14H,4-8H2,1-3H3,(H,15,17)/t9-,10?,11?,12-/m1/s1. The lowest BCUT2D eigenvalue weighted by Gasteiger charge is -2.39. The van der Waals surface area contributed by atoms with Gasteiger partial charge in [0.15, 0.2) is 0 Å². The molecule has 2 rings (SSSR count). The van der Waals surface area contributed by atoms with Gasteiger partial charge in [-0.3, -0.25) is 10.2 Å². The van der Waals surface area contributed by atoms with Crippen LogP contribution in [0, 0.1) is 11.8 Å². The molecule has 0 aliphatic carbocycles. The van der Waals surface area contributed by atoms with E-state index in [0.717, 1.165) is 13.1 Å². The Bertz CT molecular complexity index is 272. The molecule has 0 radical (unpaired) electrons. The molecule has 0 spiro atoms. The van der Waals surface area contributed by atoms with E-state index in [0.29, 0.717) is 18.0 Å². The van der Waals surface area contributed by atoms with Crippen molar-refractivity contribution in [2.75, 3.05) is 13.1 Å². The fourth-order valence-corrected chi connectivity index (χ4v) is 3.01. The molecule has 2 aliphatic rings. The van der Waals surface area contributed by atoms with Crippen LogP contribution in [0.15, 0.2) is 0 Å². The minimum absolute atomic E-state index is 0.135. The average molecular weight is 239 g/mol. The van der Waals surface area contributed by atoms with Crippen LogP contribution in [0.25, 0.3) is 0 Å². The van der Waals surface area contributed by atoms with Crippen LogP contribution in [0.2, 0.25) is 0 Å². The molecule has 1 amide bonds. The maximum Gasteiger partial charge on any atom is 0.239 e. The van der Waals surface area contributed by atoms with E-state index in [-0.39, 0.29) is 11.8 Å². The Balaban J connectivity index is 1.92. The first-order valence-electron chi connectivity index (χ1n) is 6.89. The molecule has 2 fully saturated rings. The van der Waals surface area contributed by atoms with Gasteiger partial charge in [-0.15, -0.1) is 0 Å². The summed E-state index contributed by atoms with van der Waals surface area (Å²) in [7, 11) is 0. The number of nitrogens with one attached hydrogen (secondary N) is 2. The molecular weight excluding hydrogens is 214 g/mol. The van der Waals surface area contributed by atoms with Crippen LogP contribution in [-0.2, 0) is 4.79 Å². The summed E-state index contributed by atoms with van der Waals surface area (Å²) in [5.74, 6) is 0.782.